The largest absolute Gasteiger partial charge is 0.333 e. The van der Waals surface area contributed by atoms with Gasteiger partial charge in [0.25, 0.3) is 5.91 Å². The Labute approximate surface area is 159 Å². The molecule has 25 heavy (non-hydrogen) atoms. The van der Waals surface area contributed by atoms with Crippen LogP contribution in [0.5, 0.6) is 0 Å². The number of halogens is 2. The number of nitrogens with zero attached hydrogens (tertiary/aromatic N) is 4. The van der Waals surface area contributed by atoms with Crippen molar-refractivity contribution < 1.29 is 4.79 Å². The zero-order valence-corrected chi connectivity index (χ0v) is 16.1. The predicted octanol–water partition coefficient (Wildman–Crippen LogP) is 2.90. The van der Waals surface area contributed by atoms with E-state index in [4.69, 9.17) is 11.6 Å². The maximum absolute atomic E-state index is 12.8. The number of hydrogen-bond donors (Lipinski definition) is 1. The highest BCUT2D eigenvalue weighted by Crippen LogP contribution is 2.24. The van der Waals surface area contributed by atoms with Gasteiger partial charge in [0.15, 0.2) is 0 Å². The Morgan fingerprint density at radius 3 is 2.72 bits per heavy atom. The summed E-state index contributed by atoms with van der Waals surface area (Å²) in [6.45, 7) is 8.23. The third-order valence-electron chi connectivity index (χ3n) is 4.08. The maximum atomic E-state index is 12.8. The van der Waals surface area contributed by atoms with Gasteiger partial charge in [0, 0.05) is 31.6 Å². The molecular weight excluding hydrogens is 361 g/mol. The molecule has 3 rings (SSSR count). The molecule has 0 spiro atoms. The Balaban J connectivity index is 0.00000225. The molecule has 0 saturated carbocycles. The van der Waals surface area contributed by atoms with E-state index >= 15 is 0 Å². The second kappa shape index (κ2) is 8.17. The summed E-state index contributed by atoms with van der Waals surface area (Å²) >= 11 is 6.30. The topological polar surface area (TPSA) is 63.1 Å². The molecule has 1 N–H and O–H groups in total. The third kappa shape index (κ3) is 4.14. The lowest BCUT2D eigenvalue weighted by molar-refractivity contribution is 0.0696. The molecule has 1 aromatic carbocycles. The van der Waals surface area contributed by atoms with Crippen LogP contribution in [-0.4, -0.2) is 51.2 Å². The van der Waals surface area contributed by atoms with Crippen LogP contribution in [0.4, 0.5) is 0 Å². The summed E-state index contributed by atoms with van der Waals surface area (Å²) < 4.78 is 1.69. The Morgan fingerprint density at radius 1 is 1.36 bits per heavy atom. The zero-order chi connectivity index (χ0) is 17.3. The molecular formula is C17H23Cl2N5O. The van der Waals surface area contributed by atoms with Crippen molar-refractivity contribution in [3.63, 3.8) is 0 Å². The first-order chi connectivity index (χ1) is 11.5. The first kappa shape index (κ1) is 19.7. The molecule has 2 heterocycles. The van der Waals surface area contributed by atoms with Crippen molar-refractivity contribution in [1.82, 2.24) is 25.0 Å². The Hall–Kier alpha value is -1.63. The van der Waals surface area contributed by atoms with Gasteiger partial charge in [-0.15, -0.1) is 17.5 Å². The Bertz CT molecular complexity index is 746. The maximum Gasteiger partial charge on any atom is 0.293 e. The van der Waals surface area contributed by atoms with Crippen LogP contribution >= 0.6 is 24.0 Å². The van der Waals surface area contributed by atoms with Crippen molar-refractivity contribution >= 4 is 29.9 Å². The first-order valence-electron chi connectivity index (χ1n) is 8.22. The lowest BCUT2D eigenvalue weighted by Gasteiger charge is -2.31. The average molecular weight is 384 g/mol. The van der Waals surface area contributed by atoms with E-state index in [1.54, 1.807) is 9.58 Å². The molecule has 0 radical (unpaired) electrons. The van der Waals surface area contributed by atoms with Crippen LogP contribution < -0.4 is 5.32 Å². The number of aromatic nitrogens is 3. The summed E-state index contributed by atoms with van der Waals surface area (Å²) in [5.41, 5.74) is 0.739. The minimum Gasteiger partial charge on any atom is -0.333 e. The Morgan fingerprint density at radius 2 is 2.08 bits per heavy atom. The number of amides is 1. The van der Waals surface area contributed by atoms with Gasteiger partial charge >= 0.3 is 0 Å². The fraction of sp³-hybridized carbons (Fsp3) is 0.471. The second-order valence-electron chi connectivity index (χ2n) is 6.42. The predicted molar refractivity (Wildman–Crippen MR) is 101 cm³/mol. The third-order valence-corrected chi connectivity index (χ3v) is 4.40. The van der Waals surface area contributed by atoms with Crippen LogP contribution in [0.1, 0.15) is 43.1 Å². The number of nitrogens with one attached hydrogen (secondary N) is 1. The number of piperazine rings is 1. The molecule has 1 aliphatic rings. The SMILES string of the molecule is CC1CN(C(=O)c2nc(C(C)C)n(-c3ccccc3Cl)n2)CCN1.Cl. The monoisotopic (exact) mass is 383 g/mol. The Kier molecular flexibility index (Phi) is 6.43. The highest BCUT2D eigenvalue weighted by Gasteiger charge is 2.27. The van der Waals surface area contributed by atoms with Gasteiger partial charge in [0.2, 0.25) is 5.82 Å². The minimum absolute atomic E-state index is 0. The molecule has 1 atom stereocenters. The smallest absolute Gasteiger partial charge is 0.293 e. The molecule has 1 amide bonds. The van der Waals surface area contributed by atoms with E-state index in [0.29, 0.717) is 18.1 Å². The van der Waals surface area contributed by atoms with Crippen LogP contribution in [0.3, 0.4) is 0 Å². The van der Waals surface area contributed by atoms with Crippen molar-refractivity contribution in [2.45, 2.75) is 32.7 Å². The van der Waals surface area contributed by atoms with E-state index < -0.39 is 0 Å². The van der Waals surface area contributed by atoms with Crippen molar-refractivity contribution in [3.8, 4) is 5.69 Å². The average Bonchev–Trinajstić information content (AvgIpc) is 3.00. The molecule has 0 bridgehead atoms. The van der Waals surface area contributed by atoms with Crippen LogP contribution in [0.2, 0.25) is 5.02 Å². The molecule has 0 aliphatic carbocycles. The van der Waals surface area contributed by atoms with Crippen LogP contribution in [0.25, 0.3) is 5.69 Å². The van der Waals surface area contributed by atoms with E-state index in [0.717, 1.165) is 18.1 Å². The molecule has 1 saturated heterocycles. The van der Waals surface area contributed by atoms with Crippen molar-refractivity contribution in [1.29, 1.82) is 0 Å². The quantitative estimate of drug-likeness (QED) is 0.884. The van der Waals surface area contributed by atoms with Crippen molar-refractivity contribution in [3.05, 3.63) is 40.9 Å². The number of hydrogen-bond acceptors (Lipinski definition) is 4. The minimum atomic E-state index is -0.129. The van der Waals surface area contributed by atoms with Crippen LogP contribution in [0.15, 0.2) is 24.3 Å². The lowest BCUT2D eigenvalue weighted by Crippen LogP contribution is -2.51. The standard InChI is InChI=1S/C17H22ClN5O.ClH/c1-11(2)16-20-15(17(24)22-9-8-19-12(3)10-22)21-23(16)14-7-5-4-6-13(14)18;/h4-7,11-12,19H,8-10H2,1-3H3;1H. The van der Waals surface area contributed by atoms with Gasteiger partial charge < -0.3 is 10.2 Å². The summed E-state index contributed by atoms with van der Waals surface area (Å²) in [6, 6.07) is 7.72. The van der Waals surface area contributed by atoms with Crippen LogP contribution in [-0.2, 0) is 0 Å². The zero-order valence-electron chi connectivity index (χ0n) is 14.6. The summed E-state index contributed by atoms with van der Waals surface area (Å²) in [4.78, 5) is 19.1. The van der Waals surface area contributed by atoms with Gasteiger partial charge in [-0.3, -0.25) is 4.79 Å². The second-order valence-corrected chi connectivity index (χ2v) is 6.83. The van der Waals surface area contributed by atoms with Gasteiger partial charge in [0.1, 0.15) is 5.82 Å². The normalized spacial score (nSPS) is 17.5. The van der Waals surface area contributed by atoms with Gasteiger partial charge in [-0.1, -0.05) is 37.6 Å². The highest BCUT2D eigenvalue weighted by atomic mass is 35.5. The lowest BCUT2D eigenvalue weighted by atomic mass is 10.2. The summed E-state index contributed by atoms with van der Waals surface area (Å²) in [5, 5.41) is 8.38. The summed E-state index contributed by atoms with van der Waals surface area (Å²) in [7, 11) is 0. The molecule has 1 aliphatic heterocycles. The number of carbonyl (C=O) groups is 1. The van der Waals surface area contributed by atoms with E-state index in [-0.39, 0.29) is 36.1 Å². The summed E-state index contributed by atoms with van der Waals surface area (Å²) in [6.07, 6.45) is 0. The van der Waals surface area contributed by atoms with Crippen molar-refractivity contribution in [2.75, 3.05) is 19.6 Å². The van der Waals surface area contributed by atoms with Crippen molar-refractivity contribution in [2.24, 2.45) is 0 Å². The first-order valence-corrected chi connectivity index (χ1v) is 8.59. The number of benzene rings is 1. The summed E-state index contributed by atoms with van der Waals surface area (Å²) in [5.74, 6) is 0.954. The molecule has 136 valence electrons. The van der Waals surface area contributed by atoms with Gasteiger partial charge in [-0.25, -0.2) is 9.67 Å². The molecule has 1 fully saturated rings. The van der Waals surface area contributed by atoms with E-state index in [1.807, 2.05) is 38.1 Å². The molecule has 6 nitrogen and oxygen atoms in total. The molecule has 1 unspecified atom stereocenters. The fourth-order valence-corrected chi connectivity index (χ4v) is 3.06. The molecule has 1 aromatic heterocycles. The van der Waals surface area contributed by atoms with Gasteiger partial charge in [0.05, 0.1) is 10.7 Å². The number of para-hydroxylation sites is 1. The van der Waals surface area contributed by atoms with Gasteiger partial charge in [-0.05, 0) is 19.1 Å². The highest BCUT2D eigenvalue weighted by molar-refractivity contribution is 6.32. The molecule has 2 aromatic rings. The van der Waals surface area contributed by atoms with E-state index in [1.165, 1.54) is 0 Å². The van der Waals surface area contributed by atoms with Crippen LogP contribution in [0, 0.1) is 0 Å². The number of rotatable bonds is 3. The van der Waals surface area contributed by atoms with E-state index in [2.05, 4.69) is 22.3 Å². The fourth-order valence-electron chi connectivity index (χ4n) is 2.85. The number of carbonyl (C=O) groups excluding carboxylic acids is 1. The van der Waals surface area contributed by atoms with E-state index in [9.17, 15) is 4.79 Å². The molecule has 8 heteroatoms. The van der Waals surface area contributed by atoms with Gasteiger partial charge in [-0.2, -0.15) is 0 Å².